The van der Waals surface area contributed by atoms with Gasteiger partial charge in [-0.3, -0.25) is 0 Å². The molecule has 0 aliphatic rings. The van der Waals surface area contributed by atoms with Crippen molar-refractivity contribution in [1.82, 2.24) is 9.13 Å². The molecule has 0 spiro atoms. The number of rotatable bonds is 2. The Labute approximate surface area is 120 Å². The first-order valence-electron chi connectivity index (χ1n) is 6.29. The van der Waals surface area contributed by atoms with Gasteiger partial charge in [0.1, 0.15) is 24.8 Å². The zero-order chi connectivity index (χ0) is 15.5. The molecule has 0 fully saturated rings. The van der Waals surface area contributed by atoms with Crippen LogP contribution >= 0.6 is 8.25 Å². The smallest absolute Gasteiger partial charge is 0.243 e. The topological polar surface area (TPSA) is 80.8 Å². The minimum absolute atomic E-state index is 1.06. The average molecular weight is 302 g/mol. The van der Waals surface area contributed by atoms with Crippen molar-refractivity contribution >= 4 is 8.25 Å². The number of imidazole rings is 2. The van der Waals surface area contributed by atoms with Crippen molar-refractivity contribution in [3.05, 3.63) is 37.4 Å². The summed E-state index contributed by atoms with van der Waals surface area (Å²) in [6.07, 6.45) is 12.3. The maximum atomic E-state index is 8.52. The first-order valence-corrected chi connectivity index (χ1v) is 7.51. The molecule has 0 bridgehead atoms. The highest BCUT2D eigenvalue weighted by Gasteiger charge is 1.92. The molecule has 2 aromatic heterocycles. The summed E-state index contributed by atoms with van der Waals surface area (Å²) in [6, 6.07) is 0. The Bertz CT molecular complexity index is 466. The van der Waals surface area contributed by atoms with Gasteiger partial charge in [-0.15, -0.1) is 0 Å². The molecule has 0 N–H and O–H groups in total. The van der Waals surface area contributed by atoms with Gasteiger partial charge in [0.05, 0.1) is 27.2 Å². The summed E-state index contributed by atoms with van der Waals surface area (Å²) in [5.74, 6) is 0. The van der Waals surface area contributed by atoms with E-state index in [0.29, 0.717) is 0 Å². The van der Waals surface area contributed by atoms with Crippen LogP contribution in [0.1, 0.15) is 13.8 Å². The molecule has 0 aliphatic carbocycles. The van der Waals surface area contributed by atoms with Gasteiger partial charge in [-0.25, -0.2) is 18.3 Å². The van der Waals surface area contributed by atoms with Crippen LogP contribution in [0.5, 0.6) is 0 Å². The third-order valence-electron chi connectivity index (χ3n) is 2.38. The molecular weight excluding hydrogens is 279 g/mol. The largest absolute Gasteiger partial charge is 0.813 e. The van der Waals surface area contributed by atoms with Crippen LogP contribution in [-0.2, 0) is 31.7 Å². The van der Waals surface area contributed by atoms with E-state index in [2.05, 4.69) is 48.0 Å². The SMILES string of the molecule is CC[n+]1ccn(C)c1.CC[n+]1ccn(C)c1.O=[PH]([O-])[O-]. The second kappa shape index (κ2) is 10.4. The molecule has 0 saturated carbocycles. The van der Waals surface area contributed by atoms with E-state index in [9.17, 15) is 0 Å². The second-order valence-corrected chi connectivity index (χ2v) is 4.57. The monoisotopic (exact) mass is 302 g/mol. The van der Waals surface area contributed by atoms with Gasteiger partial charge >= 0.3 is 0 Å². The summed E-state index contributed by atoms with van der Waals surface area (Å²) in [4.78, 5) is 17.0. The fraction of sp³-hybridized carbons (Fsp3) is 0.500. The van der Waals surface area contributed by atoms with Gasteiger partial charge in [-0.1, -0.05) is 8.25 Å². The zero-order valence-corrected chi connectivity index (χ0v) is 13.4. The molecule has 0 atom stereocenters. The van der Waals surface area contributed by atoms with Gasteiger partial charge in [0.2, 0.25) is 12.7 Å². The predicted molar refractivity (Wildman–Crippen MR) is 71.6 cm³/mol. The lowest BCUT2D eigenvalue weighted by molar-refractivity contribution is -0.693. The van der Waals surface area contributed by atoms with Crippen LogP contribution in [0.4, 0.5) is 0 Å². The molecule has 0 aliphatic heterocycles. The quantitative estimate of drug-likeness (QED) is 0.514. The summed E-state index contributed by atoms with van der Waals surface area (Å²) >= 11 is 0. The molecule has 20 heavy (non-hydrogen) atoms. The predicted octanol–water partition coefficient (Wildman–Crippen LogP) is -1.24. The molecule has 2 rings (SSSR count). The Morgan fingerprint density at radius 3 is 1.35 bits per heavy atom. The number of aromatic nitrogens is 4. The normalized spacial score (nSPS) is 9.55. The Balaban J connectivity index is 0.000000289. The van der Waals surface area contributed by atoms with Crippen molar-refractivity contribution < 1.29 is 23.5 Å². The fourth-order valence-electron chi connectivity index (χ4n) is 1.38. The summed E-state index contributed by atoms with van der Waals surface area (Å²) in [7, 11) is 0.410. The molecule has 2 aromatic rings. The van der Waals surface area contributed by atoms with Crippen molar-refractivity contribution in [3.63, 3.8) is 0 Å². The Morgan fingerprint density at radius 2 is 1.25 bits per heavy atom. The van der Waals surface area contributed by atoms with Gasteiger partial charge in [0, 0.05) is 0 Å². The van der Waals surface area contributed by atoms with Crippen LogP contribution in [0.3, 0.4) is 0 Å². The molecule has 114 valence electrons. The summed E-state index contributed by atoms with van der Waals surface area (Å²) in [6.45, 7) is 6.36. The molecule has 2 heterocycles. The van der Waals surface area contributed by atoms with E-state index >= 15 is 0 Å². The molecule has 0 saturated heterocycles. The van der Waals surface area contributed by atoms with Crippen LogP contribution in [0, 0.1) is 0 Å². The zero-order valence-electron chi connectivity index (χ0n) is 12.4. The first kappa shape index (κ1) is 18.6. The van der Waals surface area contributed by atoms with E-state index < -0.39 is 8.25 Å². The highest BCUT2D eigenvalue weighted by Crippen LogP contribution is 1.79. The lowest BCUT2D eigenvalue weighted by Gasteiger charge is -2.03. The van der Waals surface area contributed by atoms with Gasteiger partial charge in [0.25, 0.3) is 0 Å². The highest BCUT2D eigenvalue weighted by molar-refractivity contribution is 7.27. The lowest BCUT2D eigenvalue weighted by Crippen LogP contribution is -2.28. The van der Waals surface area contributed by atoms with Gasteiger partial charge in [0.15, 0.2) is 0 Å². The summed E-state index contributed by atoms with van der Waals surface area (Å²) < 4.78 is 16.8. The third-order valence-corrected chi connectivity index (χ3v) is 2.38. The molecule has 0 unspecified atom stereocenters. The van der Waals surface area contributed by atoms with Crippen molar-refractivity contribution in [3.8, 4) is 0 Å². The standard InChI is InChI=1S/2C6H11N2.H3O3P/c2*1-3-8-5-4-7(2)6-8;1-4(2)3/h2*4-6H,3H2,1-2H3;4H,(H2,1,2,3)/q2*+1;/p-2. The fourth-order valence-corrected chi connectivity index (χ4v) is 1.38. The van der Waals surface area contributed by atoms with Crippen molar-refractivity contribution in [2.45, 2.75) is 26.9 Å². The Morgan fingerprint density at radius 1 is 0.950 bits per heavy atom. The van der Waals surface area contributed by atoms with E-state index in [1.54, 1.807) is 0 Å². The third kappa shape index (κ3) is 9.49. The maximum Gasteiger partial charge on any atom is 0.243 e. The Kier molecular flexibility index (Phi) is 9.63. The van der Waals surface area contributed by atoms with Gasteiger partial charge in [-0.2, -0.15) is 0 Å². The van der Waals surface area contributed by atoms with Crippen LogP contribution in [0.25, 0.3) is 0 Å². The molecular formula is C12H23N4O3P. The minimum atomic E-state index is -3.63. The minimum Gasteiger partial charge on any atom is -0.813 e. The Hall–Kier alpha value is -1.43. The molecule has 0 amide bonds. The number of hydrogen-bond donors (Lipinski definition) is 0. The van der Waals surface area contributed by atoms with Crippen LogP contribution in [0.15, 0.2) is 37.4 Å². The average Bonchev–Trinajstić information content (AvgIpc) is 2.97. The number of nitrogens with zero attached hydrogens (tertiary/aromatic N) is 4. The number of aryl methyl sites for hydroxylation is 4. The molecule has 8 heteroatoms. The maximum absolute atomic E-state index is 8.52. The number of hydrogen-bond acceptors (Lipinski definition) is 3. The van der Waals surface area contributed by atoms with Crippen molar-refractivity contribution in [1.29, 1.82) is 0 Å². The van der Waals surface area contributed by atoms with Gasteiger partial charge < -0.3 is 14.4 Å². The first-order chi connectivity index (χ1) is 9.38. The van der Waals surface area contributed by atoms with E-state index in [1.165, 1.54) is 0 Å². The van der Waals surface area contributed by atoms with E-state index in [0.717, 1.165) is 13.1 Å². The summed E-state index contributed by atoms with van der Waals surface area (Å²) in [5.41, 5.74) is 0. The van der Waals surface area contributed by atoms with Crippen LogP contribution in [-0.4, -0.2) is 9.13 Å². The summed E-state index contributed by atoms with van der Waals surface area (Å²) in [5, 5.41) is 0. The van der Waals surface area contributed by atoms with Gasteiger partial charge in [-0.05, 0) is 13.8 Å². The molecule has 7 nitrogen and oxygen atoms in total. The molecule has 0 radical (unpaired) electrons. The van der Waals surface area contributed by atoms with E-state index in [4.69, 9.17) is 14.4 Å². The van der Waals surface area contributed by atoms with E-state index in [1.807, 2.05) is 35.6 Å². The van der Waals surface area contributed by atoms with E-state index in [-0.39, 0.29) is 0 Å². The van der Waals surface area contributed by atoms with Crippen LogP contribution < -0.4 is 18.9 Å². The lowest BCUT2D eigenvalue weighted by atomic mass is 10.7. The van der Waals surface area contributed by atoms with Crippen molar-refractivity contribution in [2.75, 3.05) is 0 Å². The van der Waals surface area contributed by atoms with Crippen molar-refractivity contribution in [2.24, 2.45) is 14.1 Å². The second-order valence-electron chi connectivity index (χ2n) is 4.07. The highest BCUT2D eigenvalue weighted by atomic mass is 31.1. The van der Waals surface area contributed by atoms with Crippen LogP contribution in [0.2, 0.25) is 0 Å². The molecule has 0 aromatic carbocycles.